The van der Waals surface area contributed by atoms with Gasteiger partial charge in [0.05, 0.1) is 27.0 Å². The van der Waals surface area contributed by atoms with Crippen molar-refractivity contribution in [3.05, 3.63) is 54.1 Å². The van der Waals surface area contributed by atoms with E-state index in [1.165, 1.54) is 14.2 Å². The van der Waals surface area contributed by atoms with Crippen LogP contribution in [0.4, 0.5) is 5.69 Å². The molecule has 0 aliphatic heterocycles. The fourth-order valence-corrected chi connectivity index (χ4v) is 3.25. The van der Waals surface area contributed by atoms with Crippen LogP contribution < -0.4 is 20.1 Å². The number of esters is 1. The highest BCUT2D eigenvalue weighted by Crippen LogP contribution is 2.29. The van der Waals surface area contributed by atoms with Crippen molar-refractivity contribution in [2.24, 2.45) is 5.92 Å². The lowest BCUT2D eigenvalue weighted by Crippen LogP contribution is -2.43. The minimum absolute atomic E-state index is 0.0927. The Morgan fingerprint density at radius 1 is 0.906 bits per heavy atom. The lowest BCUT2D eigenvalue weighted by atomic mass is 10.0. The highest BCUT2D eigenvalue weighted by molar-refractivity contribution is 5.93. The number of amides is 2. The molecule has 0 aromatic heterocycles. The van der Waals surface area contributed by atoms with Crippen LogP contribution in [0, 0.1) is 5.92 Å². The Kier molecular flexibility index (Phi) is 9.53. The summed E-state index contributed by atoms with van der Waals surface area (Å²) >= 11 is 0. The van der Waals surface area contributed by atoms with Crippen molar-refractivity contribution < 1.29 is 28.6 Å². The van der Waals surface area contributed by atoms with Gasteiger partial charge < -0.3 is 24.8 Å². The summed E-state index contributed by atoms with van der Waals surface area (Å²) < 4.78 is 15.3. The minimum Gasteiger partial charge on any atom is -0.497 e. The first kappa shape index (κ1) is 24.7. The molecule has 0 radical (unpaired) electrons. The third-order valence-corrected chi connectivity index (χ3v) is 4.85. The van der Waals surface area contributed by atoms with Crippen molar-refractivity contribution in [1.82, 2.24) is 5.32 Å². The van der Waals surface area contributed by atoms with Gasteiger partial charge in [-0.15, -0.1) is 0 Å². The number of anilines is 1. The van der Waals surface area contributed by atoms with Crippen LogP contribution in [0.2, 0.25) is 0 Å². The second-order valence-corrected chi connectivity index (χ2v) is 7.46. The molecule has 0 fully saturated rings. The van der Waals surface area contributed by atoms with Crippen molar-refractivity contribution in [2.45, 2.75) is 32.2 Å². The first-order valence-corrected chi connectivity index (χ1v) is 10.3. The number of carbonyl (C=O) groups is 3. The van der Waals surface area contributed by atoms with Crippen molar-refractivity contribution >= 4 is 23.5 Å². The third-order valence-electron chi connectivity index (χ3n) is 4.85. The molecule has 2 rings (SSSR count). The number of ether oxygens (including phenoxy) is 3. The van der Waals surface area contributed by atoms with Gasteiger partial charge in [0.1, 0.15) is 17.5 Å². The van der Waals surface area contributed by atoms with Crippen molar-refractivity contribution in [3.8, 4) is 11.5 Å². The van der Waals surface area contributed by atoms with E-state index in [0.29, 0.717) is 23.6 Å². The molecule has 2 N–H and O–H groups in total. The molecule has 0 heterocycles. The molecule has 0 saturated carbocycles. The molecule has 172 valence electrons. The number of hydrogen-bond donors (Lipinski definition) is 2. The summed E-state index contributed by atoms with van der Waals surface area (Å²) in [4.78, 5) is 37.0. The predicted octanol–water partition coefficient (Wildman–Crippen LogP) is 2.96. The molecule has 8 nitrogen and oxygen atoms in total. The molecule has 0 bridgehead atoms. The van der Waals surface area contributed by atoms with Crippen LogP contribution in [-0.2, 0) is 25.5 Å². The first-order chi connectivity index (χ1) is 15.4. The van der Waals surface area contributed by atoms with E-state index >= 15 is 0 Å². The largest absolute Gasteiger partial charge is 0.497 e. The summed E-state index contributed by atoms with van der Waals surface area (Å²) in [7, 11) is 4.34. The lowest BCUT2D eigenvalue weighted by molar-refractivity contribution is -0.145. The molecule has 2 atom stereocenters. The van der Waals surface area contributed by atoms with Crippen LogP contribution >= 0.6 is 0 Å². The fourth-order valence-electron chi connectivity index (χ4n) is 3.25. The van der Waals surface area contributed by atoms with Crippen LogP contribution in [0.3, 0.4) is 0 Å². The van der Waals surface area contributed by atoms with E-state index in [-0.39, 0.29) is 30.6 Å². The second kappa shape index (κ2) is 12.3. The topological polar surface area (TPSA) is 103 Å². The number of hydrogen-bond acceptors (Lipinski definition) is 6. The smallest absolute Gasteiger partial charge is 0.328 e. The van der Waals surface area contributed by atoms with Gasteiger partial charge in [-0.05, 0) is 23.6 Å². The average molecular weight is 443 g/mol. The van der Waals surface area contributed by atoms with E-state index < -0.39 is 12.0 Å². The molecule has 2 amide bonds. The summed E-state index contributed by atoms with van der Waals surface area (Å²) in [5.41, 5.74) is 1.42. The molecule has 0 unspecified atom stereocenters. The van der Waals surface area contributed by atoms with Gasteiger partial charge >= 0.3 is 5.97 Å². The van der Waals surface area contributed by atoms with E-state index in [2.05, 4.69) is 10.6 Å². The van der Waals surface area contributed by atoms with Crippen molar-refractivity contribution in [3.63, 3.8) is 0 Å². The third kappa shape index (κ3) is 7.61. The SMILES string of the molecule is COC(=O)[C@@H](Cc1ccccc1)NC(=O)C[C@@H](C)CC(=O)Nc1ccc(OC)cc1OC. The Labute approximate surface area is 188 Å². The summed E-state index contributed by atoms with van der Waals surface area (Å²) in [6.45, 7) is 1.80. The molecule has 2 aromatic carbocycles. The molecule has 2 aromatic rings. The van der Waals surface area contributed by atoms with Crippen LogP contribution in [0.1, 0.15) is 25.3 Å². The maximum atomic E-state index is 12.5. The number of nitrogens with one attached hydrogen (secondary N) is 2. The molecule has 0 aliphatic rings. The molecular weight excluding hydrogens is 412 g/mol. The summed E-state index contributed by atoms with van der Waals surface area (Å²) in [5.74, 6) is -0.236. The van der Waals surface area contributed by atoms with Crippen LogP contribution in [-0.4, -0.2) is 45.2 Å². The average Bonchev–Trinajstić information content (AvgIpc) is 2.78. The monoisotopic (exact) mass is 442 g/mol. The molecule has 0 spiro atoms. The first-order valence-electron chi connectivity index (χ1n) is 10.3. The molecular formula is C24H30N2O6. The van der Waals surface area contributed by atoms with E-state index in [4.69, 9.17) is 14.2 Å². The molecule has 0 saturated heterocycles. The number of benzene rings is 2. The van der Waals surface area contributed by atoms with Crippen molar-refractivity contribution in [2.75, 3.05) is 26.6 Å². The van der Waals surface area contributed by atoms with E-state index in [1.54, 1.807) is 32.2 Å². The zero-order chi connectivity index (χ0) is 23.5. The van der Waals surface area contributed by atoms with E-state index in [0.717, 1.165) is 5.56 Å². The zero-order valence-electron chi connectivity index (χ0n) is 18.8. The number of rotatable bonds is 11. The molecule has 32 heavy (non-hydrogen) atoms. The highest BCUT2D eigenvalue weighted by atomic mass is 16.5. The Hall–Kier alpha value is -3.55. The van der Waals surface area contributed by atoms with Gasteiger partial charge in [-0.2, -0.15) is 0 Å². The van der Waals surface area contributed by atoms with E-state index in [9.17, 15) is 14.4 Å². The molecule has 8 heteroatoms. The Morgan fingerprint density at radius 2 is 1.59 bits per heavy atom. The van der Waals surface area contributed by atoms with Gasteiger partial charge in [-0.25, -0.2) is 4.79 Å². The summed E-state index contributed by atoms with van der Waals surface area (Å²) in [6, 6.07) is 13.7. The van der Waals surface area contributed by atoms with Gasteiger partial charge in [0, 0.05) is 25.3 Å². The highest BCUT2D eigenvalue weighted by Gasteiger charge is 2.23. The minimum atomic E-state index is -0.792. The van der Waals surface area contributed by atoms with Gasteiger partial charge in [0.15, 0.2) is 0 Å². The van der Waals surface area contributed by atoms with Crippen LogP contribution in [0.5, 0.6) is 11.5 Å². The van der Waals surface area contributed by atoms with Gasteiger partial charge in [-0.3, -0.25) is 9.59 Å². The maximum absolute atomic E-state index is 12.5. The normalized spacial score (nSPS) is 12.2. The van der Waals surface area contributed by atoms with Gasteiger partial charge in [0.2, 0.25) is 11.8 Å². The predicted molar refractivity (Wildman–Crippen MR) is 121 cm³/mol. The number of carbonyl (C=O) groups excluding carboxylic acids is 3. The lowest BCUT2D eigenvalue weighted by Gasteiger charge is -2.18. The Bertz CT molecular complexity index is 916. The van der Waals surface area contributed by atoms with Crippen molar-refractivity contribution in [1.29, 1.82) is 0 Å². The standard InChI is InChI=1S/C24H30N2O6/c1-16(12-22(27)25-19-11-10-18(30-2)15-21(19)31-3)13-23(28)26-20(24(29)32-4)14-17-8-6-5-7-9-17/h5-11,15-16,20H,12-14H2,1-4H3,(H,25,27)(H,26,28)/t16-,20+/m0/s1. The van der Waals surface area contributed by atoms with E-state index in [1.807, 2.05) is 30.3 Å². The van der Waals surface area contributed by atoms with Gasteiger partial charge in [-0.1, -0.05) is 37.3 Å². The van der Waals surface area contributed by atoms with Gasteiger partial charge in [0.25, 0.3) is 0 Å². The Balaban J connectivity index is 1.90. The number of methoxy groups -OCH3 is 3. The second-order valence-electron chi connectivity index (χ2n) is 7.46. The van der Waals surface area contributed by atoms with Crippen LogP contribution in [0.15, 0.2) is 48.5 Å². The molecule has 0 aliphatic carbocycles. The summed E-state index contributed by atoms with van der Waals surface area (Å²) in [5, 5.41) is 5.51. The zero-order valence-corrected chi connectivity index (χ0v) is 18.8. The maximum Gasteiger partial charge on any atom is 0.328 e. The van der Waals surface area contributed by atoms with Crippen LogP contribution in [0.25, 0.3) is 0 Å². The fraction of sp³-hybridized carbons (Fsp3) is 0.375. The Morgan fingerprint density at radius 3 is 2.22 bits per heavy atom. The summed E-state index contributed by atoms with van der Waals surface area (Å²) in [6.07, 6.45) is 0.547. The quantitative estimate of drug-likeness (QED) is 0.519.